The van der Waals surface area contributed by atoms with Crippen molar-refractivity contribution in [1.29, 1.82) is 0 Å². The number of nitrogens with zero attached hydrogens (tertiary/aromatic N) is 3. The number of hydrogen-bond acceptors (Lipinski definition) is 5. The van der Waals surface area contributed by atoms with Crippen molar-refractivity contribution in [2.75, 3.05) is 10.7 Å². The van der Waals surface area contributed by atoms with Gasteiger partial charge in [-0.2, -0.15) is 0 Å². The van der Waals surface area contributed by atoms with Gasteiger partial charge >= 0.3 is 0 Å². The van der Waals surface area contributed by atoms with Crippen LogP contribution in [0.15, 0.2) is 40.4 Å². The number of aromatic nitrogens is 2. The molecular weight excluding hydrogens is 365 g/mol. The maximum Gasteiger partial charge on any atom is 0.262 e. The highest BCUT2D eigenvalue weighted by molar-refractivity contribution is 6.42. The van der Waals surface area contributed by atoms with E-state index in [-0.39, 0.29) is 17.9 Å². The third-order valence-electron chi connectivity index (χ3n) is 3.74. The molecule has 0 aliphatic rings. The summed E-state index contributed by atoms with van der Waals surface area (Å²) in [4.78, 5) is 30.4. The zero-order valence-corrected chi connectivity index (χ0v) is 14.6. The maximum atomic E-state index is 12.4. The molecule has 1 heterocycles. The third kappa shape index (κ3) is 3.29. The van der Waals surface area contributed by atoms with Gasteiger partial charge in [-0.15, -0.1) is 4.91 Å². The number of hydrogen-bond donors (Lipinski definition) is 2. The van der Waals surface area contributed by atoms with Gasteiger partial charge in [0.1, 0.15) is 0 Å². The number of nitrogens with two attached hydrogens (primary N) is 1. The lowest BCUT2D eigenvalue weighted by Gasteiger charge is -2.19. The van der Waals surface area contributed by atoms with E-state index in [1.165, 1.54) is 5.01 Å². The Morgan fingerprint density at radius 2 is 2.00 bits per heavy atom. The summed E-state index contributed by atoms with van der Waals surface area (Å²) in [6.45, 7) is 1.89. The van der Waals surface area contributed by atoms with E-state index in [1.54, 1.807) is 37.3 Å². The molecule has 0 aliphatic heterocycles. The van der Waals surface area contributed by atoms with Gasteiger partial charge in [0.2, 0.25) is 5.95 Å². The van der Waals surface area contributed by atoms with Crippen LogP contribution in [0, 0.1) is 11.8 Å². The fourth-order valence-electron chi connectivity index (χ4n) is 2.63. The molecule has 0 amide bonds. The monoisotopic (exact) mass is 377 g/mol. The molecule has 0 fully saturated rings. The Balaban J connectivity index is 2.15. The van der Waals surface area contributed by atoms with Gasteiger partial charge in [-0.1, -0.05) is 35.3 Å². The fourth-order valence-corrected chi connectivity index (χ4v) is 2.95. The molecule has 3 aromatic rings. The van der Waals surface area contributed by atoms with Crippen LogP contribution >= 0.6 is 23.2 Å². The van der Waals surface area contributed by atoms with Crippen LogP contribution in [0.3, 0.4) is 0 Å². The van der Waals surface area contributed by atoms with Gasteiger partial charge in [0.15, 0.2) is 0 Å². The lowest BCUT2D eigenvalue weighted by atomic mass is 10.1. The first kappa shape index (κ1) is 17.2. The molecule has 0 aliphatic carbocycles. The van der Waals surface area contributed by atoms with E-state index in [4.69, 9.17) is 28.9 Å². The van der Waals surface area contributed by atoms with Gasteiger partial charge in [-0.05, 0) is 36.2 Å². The Labute approximate surface area is 152 Å². The number of halogens is 2. The van der Waals surface area contributed by atoms with Crippen molar-refractivity contribution >= 4 is 45.7 Å². The fraction of sp³-hybridized carbons (Fsp3) is 0.125. The van der Waals surface area contributed by atoms with E-state index in [0.29, 0.717) is 32.4 Å². The molecule has 128 valence electrons. The highest BCUT2D eigenvalue weighted by atomic mass is 35.5. The minimum atomic E-state index is -0.441. The molecule has 9 heteroatoms. The van der Waals surface area contributed by atoms with Crippen LogP contribution in [-0.2, 0) is 6.54 Å². The van der Waals surface area contributed by atoms with Gasteiger partial charge in [0.25, 0.3) is 5.56 Å². The number of benzene rings is 2. The number of rotatable bonds is 4. The summed E-state index contributed by atoms with van der Waals surface area (Å²) >= 11 is 11.9. The molecule has 0 bridgehead atoms. The number of anilines is 2. The van der Waals surface area contributed by atoms with Crippen molar-refractivity contribution in [3.05, 3.63) is 66.8 Å². The zero-order valence-electron chi connectivity index (χ0n) is 13.1. The number of aromatic amines is 1. The maximum absolute atomic E-state index is 12.4. The van der Waals surface area contributed by atoms with Crippen molar-refractivity contribution in [3.63, 3.8) is 0 Å². The molecule has 0 unspecified atom stereocenters. The summed E-state index contributed by atoms with van der Waals surface area (Å²) in [6, 6.07) is 8.42. The van der Waals surface area contributed by atoms with Crippen LogP contribution in [0.2, 0.25) is 10.0 Å². The first-order valence-corrected chi connectivity index (χ1v) is 8.00. The van der Waals surface area contributed by atoms with Gasteiger partial charge in [-0.25, -0.2) is 9.99 Å². The van der Waals surface area contributed by atoms with E-state index >= 15 is 0 Å². The SMILES string of the molecule is Cc1ccc2nc(N)[nH]c(=O)c2c1N(Cc1ccc(Cl)c(Cl)c1)N=O. The summed E-state index contributed by atoms with van der Waals surface area (Å²) in [5.41, 5.74) is 7.30. The third-order valence-corrected chi connectivity index (χ3v) is 4.48. The minimum absolute atomic E-state index is 0.00222. The quantitative estimate of drug-likeness (QED) is 0.531. The number of nitrogen functional groups attached to an aromatic ring is 1. The standard InChI is InChI=1S/C16H13Cl2N5O2/c1-8-2-5-12-13(15(24)21-16(19)20-12)14(8)23(22-25)7-9-3-4-10(17)11(18)6-9/h2-6H,7H2,1H3,(H3,19,20,21,24). The Hall–Kier alpha value is -2.64. The predicted molar refractivity (Wildman–Crippen MR) is 100.0 cm³/mol. The smallest absolute Gasteiger partial charge is 0.262 e. The van der Waals surface area contributed by atoms with Crippen LogP contribution in [0.5, 0.6) is 0 Å². The molecule has 1 aromatic heterocycles. The Kier molecular flexibility index (Phi) is 4.61. The molecule has 0 atom stereocenters. The number of aryl methyl sites for hydroxylation is 1. The predicted octanol–water partition coefficient (Wildman–Crippen LogP) is 3.81. The van der Waals surface area contributed by atoms with Gasteiger partial charge < -0.3 is 5.73 Å². The molecule has 0 saturated heterocycles. The normalized spacial score (nSPS) is 10.8. The largest absolute Gasteiger partial charge is 0.369 e. The van der Waals surface area contributed by atoms with E-state index in [1.807, 2.05) is 0 Å². The number of H-pyrrole nitrogens is 1. The van der Waals surface area contributed by atoms with Crippen molar-refractivity contribution in [1.82, 2.24) is 9.97 Å². The Morgan fingerprint density at radius 1 is 1.24 bits per heavy atom. The first-order chi connectivity index (χ1) is 11.9. The van der Waals surface area contributed by atoms with Crippen LogP contribution in [0.4, 0.5) is 11.6 Å². The molecule has 0 radical (unpaired) electrons. The van der Waals surface area contributed by atoms with Crippen LogP contribution in [0.25, 0.3) is 10.9 Å². The molecular formula is C16H13Cl2N5O2. The molecule has 3 N–H and O–H groups in total. The van der Waals surface area contributed by atoms with E-state index < -0.39 is 5.56 Å². The van der Waals surface area contributed by atoms with Gasteiger partial charge in [0, 0.05) is 0 Å². The molecule has 2 aromatic carbocycles. The highest BCUT2D eigenvalue weighted by Gasteiger charge is 2.18. The van der Waals surface area contributed by atoms with Crippen molar-refractivity contribution < 1.29 is 0 Å². The Morgan fingerprint density at radius 3 is 2.68 bits per heavy atom. The van der Waals surface area contributed by atoms with Crippen LogP contribution in [0.1, 0.15) is 11.1 Å². The lowest BCUT2D eigenvalue weighted by molar-refractivity contribution is 0.846. The van der Waals surface area contributed by atoms with E-state index in [9.17, 15) is 9.70 Å². The highest BCUT2D eigenvalue weighted by Crippen LogP contribution is 2.30. The summed E-state index contributed by atoms with van der Waals surface area (Å²) in [5.74, 6) is 0.00222. The second kappa shape index (κ2) is 6.70. The number of fused-ring (bicyclic) bond motifs is 1. The molecule has 0 saturated carbocycles. The second-order valence-electron chi connectivity index (χ2n) is 5.46. The van der Waals surface area contributed by atoms with E-state index in [0.717, 1.165) is 0 Å². The van der Waals surface area contributed by atoms with Gasteiger partial charge in [-0.3, -0.25) is 9.78 Å². The topological polar surface area (TPSA) is 104 Å². The van der Waals surface area contributed by atoms with Gasteiger partial charge in [0.05, 0.1) is 38.5 Å². The number of nitrogens with one attached hydrogen (secondary N) is 1. The van der Waals surface area contributed by atoms with Crippen molar-refractivity contribution in [2.45, 2.75) is 13.5 Å². The molecule has 7 nitrogen and oxygen atoms in total. The average molecular weight is 378 g/mol. The van der Waals surface area contributed by atoms with E-state index in [2.05, 4.69) is 15.3 Å². The second-order valence-corrected chi connectivity index (χ2v) is 6.28. The van der Waals surface area contributed by atoms with Crippen LogP contribution in [-0.4, -0.2) is 9.97 Å². The first-order valence-electron chi connectivity index (χ1n) is 7.24. The van der Waals surface area contributed by atoms with Crippen LogP contribution < -0.4 is 16.3 Å². The molecule has 25 heavy (non-hydrogen) atoms. The summed E-state index contributed by atoms with van der Waals surface area (Å²) in [6.07, 6.45) is 0. The van der Waals surface area contributed by atoms with Crippen molar-refractivity contribution in [2.24, 2.45) is 5.29 Å². The summed E-state index contributed by atoms with van der Waals surface area (Å²) in [5, 5.41) is 5.28. The molecule has 3 rings (SSSR count). The lowest BCUT2D eigenvalue weighted by Crippen LogP contribution is -2.20. The van der Waals surface area contributed by atoms with Crippen molar-refractivity contribution in [3.8, 4) is 0 Å². The zero-order chi connectivity index (χ0) is 18.1. The summed E-state index contributed by atoms with van der Waals surface area (Å²) in [7, 11) is 0. The Bertz CT molecular complexity index is 1030. The summed E-state index contributed by atoms with van der Waals surface area (Å²) < 4.78 is 0. The minimum Gasteiger partial charge on any atom is -0.369 e. The molecule has 0 spiro atoms. The average Bonchev–Trinajstić information content (AvgIpc) is 2.56. The number of nitroso groups, excluding NO2 is 1.